The third kappa shape index (κ3) is 3.84. The maximum Gasteiger partial charge on any atom is 0.433 e. The first kappa shape index (κ1) is 17.9. The van der Waals surface area contributed by atoms with Crippen LogP contribution in [-0.4, -0.2) is 41.1 Å². The molecule has 0 bridgehead atoms. The summed E-state index contributed by atoms with van der Waals surface area (Å²) in [4.78, 5) is 35.7. The minimum atomic E-state index is -0.694. The number of carbonyl (C=O) groups excluding carboxylic acids is 2. The number of halogens is 2. The zero-order valence-corrected chi connectivity index (χ0v) is 14.5. The normalized spacial score (nSPS) is 15.2. The molecule has 0 saturated carbocycles. The summed E-state index contributed by atoms with van der Waals surface area (Å²) in [5, 5.41) is 16.1. The Morgan fingerprint density at radius 1 is 1.12 bits per heavy atom. The average molecular weight is 397 g/mol. The number of hydrogen-bond acceptors (Lipinski definition) is 6. The SMILES string of the molecule is O=C1CN(c2cc(Cl)cc(Cl)c2)C(=O)CN1/N=C\c1ccc([N+](=O)[O-])o1. The maximum atomic E-state index is 12.3. The monoisotopic (exact) mass is 396 g/mol. The van der Waals surface area contributed by atoms with Gasteiger partial charge in [-0.15, -0.1) is 0 Å². The smallest absolute Gasteiger partial charge is 0.400 e. The lowest BCUT2D eigenvalue weighted by Gasteiger charge is -2.31. The van der Waals surface area contributed by atoms with Gasteiger partial charge in [0.15, 0.2) is 5.76 Å². The predicted octanol–water partition coefficient (Wildman–Crippen LogP) is 2.70. The summed E-state index contributed by atoms with van der Waals surface area (Å²) in [7, 11) is 0. The fourth-order valence-electron chi connectivity index (χ4n) is 2.28. The van der Waals surface area contributed by atoms with Gasteiger partial charge in [0, 0.05) is 15.7 Å². The molecular weight excluding hydrogens is 387 g/mol. The van der Waals surface area contributed by atoms with Gasteiger partial charge >= 0.3 is 5.88 Å². The second-order valence-electron chi connectivity index (χ2n) is 5.24. The molecule has 11 heteroatoms. The summed E-state index contributed by atoms with van der Waals surface area (Å²) in [5.41, 5.74) is 0.408. The van der Waals surface area contributed by atoms with E-state index in [2.05, 4.69) is 5.10 Å². The van der Waals surface area contributed by atoms with Gasteiger partial charge in [0.25, 0.3) is 5.91 Å². The zero-order valence-electron chi connectivity index (χ0n) is 13.0. The molecule has 0 radical (unpaired) electrons. The molecule has 2 aromatic rings. The van der Waals surface area contributed by atoms with Gasteiger partial charge in [-0.1, -0.05) is 23.2 Å². The van der Waals surface area contributed by atoms with Crippen molar-refractivity contribution in [1.29, 1.82) is 0 Å². The number of benzene rings is 1. The van der Waals surface area contributed by atoms with Gasteiger partial charge in [0.2, 0.25) is 5.91 Å². The molecule has 0 spiro atoms. The standard InChI is InChI=1S/C15H10Cl2N4O5/c16-9-3-10(17)5-11(4-9)19-7-14(23)20(8-13(19)22)18-6-12-1-2-15(26-12)21(24)25/h1-6H,7-8H2/b18-6-. The molecule has 0 unspecified atom stereocenters. The van der Waals surface area contributed by atoms with Crippen molar-refractivity contribution in [2.45, 2.75) is 0 Å². The number of anilines is 1. The van der Waals surface area contributed by atoms with E-state index in [1.165, 1.54) is 29.2 Å². The molecule has 1 aromatic heterocycles. The molecule has 1 aliphatic heterocycles. The highest BCUT2D eigenvalue weighted by Gasteiger charge is 2.31. The highest BCUT2D eigenvalue weighted by atomic mass is 35.5. The number of furan rings is 1. The van der Waals surface area contributed by atoms with Crippen LogP contribution in [0.3, 0.4) is 0 Å². The van der Waals surface area contributed by atoms with Crippen molar-refractivity contribution in [2.24, 2.45) is 5.10 Å². The Kier molecular flexibility index (Phi) is 4.92. The lowest BCUT2D eigenvalue weighted by Crippen LogP contribution is -2.52. The van der Waals surface area contributed by atoms with Gasteiger partial charge in [-0.05, 0) is 24.3 Å². The average Bonchev–Trinajstić information content (AvgIpc) is 3.03. The molecule has 0 atom stereocenters. The first-order chi connectivity index (χ1) is 12.3. The number of nitrogens with zero attached hydrogens (tertiary/aromatic N) is 4. The molecule has 1 fully saturated rings. The number of amides is 2. The highest BCUT2D eigenvalue weighted by Crippen LogP contribution is 2.27. The van der Waals surface area contributed by atoms with Crippen LogP contribution in [-0.2, 0) is 9.59 Å². The number of rotatable bonds is 4. The van der Waals surface area contributed by atoms with E-state index in [0.29, 0.717) is 15.7 Å². The predicted molar refractivity (Wildman–Crippen MR) is 93.5 cm³/mol. The summed E-state index contributed by atoms with van der Waals surface area (Å²) in [5.74, 6) is -1.19. The molecule has 1 aromatic carbocycles. The summed E-state index contributed by atoms with van der Waals surface area (Å²) in [6.07, 6.45) is 1.13. The van der Waals surface area contributed by atoms with Gasteiger partial charge in [-0.2, -0.15) is 5.10 Å². The number of piperazine rings is 1. The largest absolute Gasteiger partial charge is 0.433 e. The Morgan fingerprint density at radius 2 is 1.81 bits per heavy atom. The van der Waals surface area contributed by atoms with Gasteiger partial charge in [0.1, 0.15) is 18.0 Å². The van der Waals surface area contributed by atoms with Crippen LogP contribution in [0.5, 0.6) is 0 Å². The van der Waals surface area contributed by atoms with Crippen LogP contribution in [0.1, 0.15) is 5.76 Å². The Hall–Kier alpha value is -2.91. The lowest BCUT2D eigenvalue weighted by atomic mass is 10.2. The molecule has 0 aliphatic carbocycles. The van der Waals surface area contributed by atoms with Crippen LogP contribution >= 0.6 is 23.2 Å². The van der Waals surface area contributed by atoms with Crippen molar-refractivity contribution >= 4 is 52.8 Å². The molecular formula is C15H10Cl2N4O5. The number of nitro groups is 1. The Morgan fingerprint density at radius 3 is 2.42 bits per heavy atom. The second kappa shape index (κ2) is 7.14. The van der Waals surface area contributed by atoms with Crippen molar-refractivity contribution in [3.63, 3.8) is 0 Å². The zero-order chi connectivity index (χ0) is 18.8. The van der Waals surface area contributed by atoms with E-state index in [1.807, 2.05) is 0 Å². The third-order valence-corrected chi connectivity index (χ3v) is 3.88. The number of hydrogen-bond donors (Lipinski definition) is 0. The molecule has 134 valence electrons. The quantitative estimate of drug-likeness (QED) is 0.448. The topological polar surface area (TPSA) is 109 Å². The van der Waals surface area contributed by atoms with E-state index in [0.717, 1.165) is 17.3 Å². The fraction of sp³-hybridized carbons (Fsp3) is 0.133. The minimum absolute atomic E-state index is 0.0843. The van der Waals surface area contributed by atoms with Crippen molar-refractivity contribution in [3.05, 3.63) is 56.3 Å². The lowest BCUT2D eigenvalue weighted by molar-refractivity contribution is -0.402. The second-order valence-corrected chi connectivity index (χ2v) is 6.11. The molecule has 1 saturated heterocycles. The van der Waals surface area contributed by atoms with E-state index in [1.54, 1.807) is 0 Å². The molecule has 3 rings (SSSR count). The van der Waals surface area contributed by atoms with Gasteiger partial charge in [-0.3, -0.25) is 19.7 Å². The van der Waals surface area contributed by atoms with E-state index < -0.39 is 16.7 Å². The van der Waals surface area contributed by atoms with E-state index in [4.69, 9.17) is 27.6 Å². The highest BCUT2D eigenvalue weighted by molar-refractivity contribution is 6.35. The Labute approximate surface area is 156 Å². The molecule has 9 nitrogen and oxygen atoms in total. The van der Waals surface area contributed by atoms with Crippen molar-refractivity contribution in [3.8, 4) is 0 Å². The minimum Gasteiger partial charge on any atom is -0.400 e. The van der Waals surface area contributed by atoms with Gasteiger partial charge < -0.3 is 9.32 Å². The van der Waals surface area contributed by atoms with Crippen molar-refractivity contribution < 1.29 is 18.9 Å². The van der Waals surface area contributed by atoms with Crippen LogP contribution in [0.2, 0.25) is 10.0 Å². The van der Waals surface area contributed by atoms with Gasteiger partial charge in [0.05, 0.1) is 12.3 Å². The molecule has 1 aliphatic rings. The van der Waals surface area contributed by atoms with E-state index in [-0.39, 0.29) is 24.8 Å². The molecule has 26 heavy (non-hydrogen) atoms. The third-order valence-electron chi connectivity index (χ3n) is 3.44. The summed E-state index contributed by atoms with van der Waals surface area (Å²) in [6, 6.07) is 7.06. The number of carbonyl (C=O) groups is 2. The summed E-state index contributed by atoms with van der Waals surface area (Å²) < 4.78 is 4.90. The van der Waals surface area contributed by atoms with E-state index in [9.17, 15) is 19.7 Å². The molecule has 0 N–H and O–H groups in total. The Bertz CT molecular complexity index is 906. The summed E-state index contributed by atoms with van der Waals surface area (Å²) >= 11 is 11.8. The summed E-state index contributed by atoms with van der Waals surface area (Å²) in [6.45, 7) is -0.548. The van der Waals surface area contributed by atoms with Crippen LogP contribution in [0.4, 0.5) is 11.6 Å². The Balaban J connectivity index is 1.73. The molecule has 2 heterocycles. The van der Waals surface area contributed by atoms with Crippen molar-refractivity contribution in [2.75, 3.05) is 18.0 Å². The number of hydrazone groups is 1. The van der Waals surface area contributed by atoms with Crippen molar-refractivity contribution in [1.82, 2.24) is 5.01 Å². The first-order valence-corrected chi connectivity index (χ1v) is 7.94. The fourth-order valence-corrected chi connectivity index (χ4v) is 2.79. The van der Waals surface area contributed by atoms with Crippen LogP contribution in [0.25, 0.3) is 0 Å². The van der Waals surface area contributed by atoms with E-state index >= 15 is 0 Å². The van der Waals surface area contributed by atoms with Crippen LogP contribution in [0, 0.1) is 10.1 Å². The molecule has 2 amide bonds. The van der Waals surface area contributed by atoms with Gasteiger partial charge in [-0.25, -0.2) is 5.01 Å². The first-order valence-electron chi connectivity index (χ1n) is 7.18. The van der Waals surface area contributed by atoms with Crippen LogP contribution in [0.15, 0.2) is 39.9 Å². The van der Waals surface area contributed by atoms with Crippen LogP contribution < -0.4 is 4.90 Å². The maximum absolute atomic E-state index is 12.3.